The maximum absolute atomic E-state index is 12.3. The Morgan fingerprint density at radius 3 is 2.36 bits per heavy atom. The Bertz CT molecular complexity index is 969. The fraction of sp³-hybridized carbons (Fsp3) is 0.862. The molecule has 3 saturated carbocycles. The Balaban J connectivity index is 0.000000391. The average Bonchev–Trinajstić information content (AvgIpc) is 3.44. The van der Waals surface area contributed by atoms with Crippen LogP contribution in [-0.4, -0.2) is 52.6 Å². The summed E-state index contributed by atoms with van der Waals surface area (Å²) in [6.07, 6.45) is 9.45. The van der Waals surface area contributed by atoms with Crippen LogP contribution in [-0.2, 0) is 23.8 Å². The van der Waals surface area contributed by atoms with Gasteiger partial charge >= 0.3 is 5.97 Å². The van der Waals surface area contributed by atoms with Crippen molar-refractivity contribution in [3.05, 3.63) is 11.6 Å². The predicted molar refractivity (Wildman–Crippen MR) is 139 cm³/mol. The molecule has 5 unspecified atom stereocenters. The van der Waals surface area contributed by atoms with Crippen LogP contribution in [0.2, 0.25) is 0 Å². The number of hydrogen-bond acceptors (Lipinski definition) is 7. The summed E-state index contributed by atoms with van der Waals surface area (Å²) < 4.78 is 17.7. The molecule has 9 atom stereocenters. The second kappa shape index (κ2) is 8.56. The SMILES string of the molecule is CS[C@@]12OC(C)(C)OC1CC1C3CC(C)C4=CC(=O)CC[C@]4(C)C3(C)[C@@H](O)C[C@@]12C.O=C1CCCO1. The zero-order valence-corrected chi connectivity index (χ0v) is 23.8. The van der Waals surface area contributed by atoms with Gasteiger partial charge in [-0.15, -0.1) is 11.8 Å². The van der Waals surface area contributed by atoms with Crippen molar-refractivity contribution in [3.8, 4) is 0 Å². The standard InChI is InChI=1S/C25H38O4S.C4H6O2/c1-14-10-18-17-12-20-25(30-7,29-21(2,3)28-20)23(17,5)13-19(27)24(18,6)22(4)9-8-15(26)11-16(14)22;5-4-2-1-3-6-4/h11,14,17-20,27H,8-10,12-13H2,1-7H3;1-3H2/t14?,17?,18?,19-,20?,22-,23-,24?,25-;/m0./s1. The van der Waals surface area contributed by atoms with Gasteiger partial charge in [-0.3, -0.25) is 9.59 Å². The molecule has 2 aliphatic heterocycles. The third kappa shape index (κ3) is 3.48. The van der Waals surface area contributed by atoms with E-state index in [1.165, 1.54) is 5.57 Å². The van der Waals surface area contributed by atoms with Gasteiger partial charge in [-0.1, -0.05) is 33.3 Å². The molecule has 6 aliphatic rings. The van der Waals surface area contributed by atoms with E-state index in [-0.39, 0.29) is 34.1 Å². The molecule has 7 heteroatoms. The summed E-state index contributed by atoms with van der Waals surface area (Å²) in [6.45, 7) is 14.0. The molecule has 0 spiro atoms. The Morgan fingerprint density at radius 2 is 1.78 bits per heavy atom. The number of cyclic esters (lactones) is 1. The number of fused-ring (bicyclic) bond motifs is 7. The van der Waals surface area contributed by atoms with E-state index in [0.29, 0.717) is 37.2 Å². The fourth-order valence-corrected chi connectivity index (χ4v) is 10.6. The zero-order valence-electron chi connectivity index (χ0n) is 23.0. The summed E-state index contributed by atoms with van der Waals surface area (Å²) in [6, 6.07) is 0. The van der Waals surface area contributed by atoms with Gasteiger partial charge in [-0.05, 0) is 81.5 Å². The van der Waals surface area contributed by atoms with E-state index in [4.69, 9.17) is 9.47 Å². The van der Waals surface area contributed by atoms with Crippen LogP contribution in [0.5, 0.6) is 0 Å². The van der Waals surface area contributed by atoms with E-state index >= 15 is 0 Å². The first-order chi connectivity index (χ1) is 16.7. The summed E-state index contributed by atoms with van der Waals surface area (Å²) in [4.78, 5) is 21.9. The van der Waals surface area contributed by atoms with Crippen molar-refractivity contribution in [2.24, 2.45) is 34.0 Å². The lowest BCUT2D eigenvalue weighted by atomic mass is 9.38. The van der Waals surface area contributed by atoms with Gasteiger partial charge in [-0.2, -0.15) is 0 Å². The summed E-state index contributed by atoms with van der Waals surface area (Å²) in [5.74, 6) is 0.830. The monoisotopic (exact) mass is 520 g/mol. The maximum Gasteiger partial charge on any atom is 0.305 e. The lowest BCUT2D eigenvalue weighted by Crippen LogP contribution is -2.66. The predicted octanol–water partition coefficient (Wildman–Crippen LogP) is 5.27. The average molecular weight is 521 g/mol. The van der Waals surface area contributed by atoms with Gasteiger partial charge < -0.3 is 19.3 Å². The molecule has 6 rings (SSSR count). The lowest BCUT2D eigenvalue weighted by Gasteiger charge is -2.67. The summed E-state index contributed by atoms with van der Waals surface area (Å²) in [5, 5.41) is 11.9. The van der Waals surface area contributed by atoms with Gasteiger partial charge in [-0.25, -0.2) is 0 Å². The smallest absolute Gasteiger partial charge is 0.305 e. The number of rotatable bonds is 1. The quantitative estimate of drug-likeness (QED) is 0.472. The van der Waals surface area contributed by atoms with Crippen LogP contribution in [0.4, 0.5) is 0 Å². The van der Waals surface area contributed by atoms with Crippen LogP contribution in [0.3, 0.4) is 0 Å². The van der Waals surface area contributed by atoms with Crippen LogP contribution in [0.25, 0.3) is 0 Å². The Hall–Kier alpha value is -0.890. The molecule has 1 N–H and O–H groups in total. The van der Waals surface area contributed by atoms with Gasteiger partial charge in [0.25, 0.3) is 0 Å². The molecule has 4 aliphatic carbocycles. The minimum Gasteiger partial charge on any atom is -0.466 e. The molecule has 5 fully saturated rings. The summed E-state index contributed by atoms with van der Waals surface area (Å²) >= 11 is 1.79. The normalized spacial score (nSPS) is 50.7. The zero-order chi connectivity index (χ0) is 26.3. The highest BCUT2D eigenvalue weighted by molar-refractivity contribution is 7.99. The number of hydrogen-bond donors (Lipinski definition) is 1. The van der Waals surface area contributed by atoms with E-state index in [1.54, 1.807) is 11.8 Å². The molecule has 36 heavy (non-hydrogen) atoms. The number of carbonyl (C=O) groups excluding carboxylic acids is 2. The molecular weight excluding hydrogens is 476 g/mol. The largest absolute Gasteiger partial charge is 0.466 e. The first-order valence-corrected chi connectivity index (χ1v) is 15.0. The van der Waals surface area contributed by atoms with Crippen molar-refractivity contribution >= 4 is 23.5 Å². The van der Waals surface area contributed by atoms with Crippen LogP contribution in [0, 0.1) is 34.0 Å². The van der Waals surface area contributed by atoms with Gasteiger partial charge in [0.2, 0.25) is 0 Å². The van der Waals surface area contributed by atoms with Crippen molar-refractivity contribution in [2.45, 2.75) is 109 Å². The van der Waals surface area contributed by atoms with Gasteiger partial charge in [0.05, 0.1) is 12.7 Å². The number of ether oxygens (including phenoxy) is 3. The van der Waals surface area contributed by atoms with Crippen molar-refractivity contribution in [2.75, 3.05) is 12.9 Å². The molecule has 0 aromatic heterocycles. The molecule has 0 radical (unpaired) electrons. The van der Waals surface area contributed by atoms with E-state index in [1.807, 2.05) is 19.9 Å². The summed E-state index contributed by atoms with van der Waals surface area (Å²) in [7, 11) is 0. The number of allylic oxidation sites excluding steroid dienone is 1. The highest BCUT2D eigenvalue weighted by atomic mass is 32.2. The Kier molecular flexibility index (Phi) is 6.35. The van der Waals surface area contributed by atoms with E-state index in [9.17, 15) is 14.7 Å². The van der Waals surface area contributed by atoms with Crippen LogP contribution in [0.15, 0.2) is 11.6 Å². The topological polar surface area (TPSA) is 82.1 Å². The first kappa shape index (κ1) is 26.7. The molecule has 0 bridgehead atoms. The molecule has 6 nitrogen and oxygen atoms in total. The lowest BCUT2D eigenvalue weighted by molar-refractivity contribution is -0.233. The summed E-state index contributed by atoms with van der Waals surface area (Å²) in [5.41, 5.74) is 0.779. The van der Waals surface area contributed by atoms with Gasteiger partial charge in [0, 0.05) is 23.7 Å². The number of ketones is 1. The maximum atomic E-state index is 12.3. The number of thioether (sulfide) groups is 1. The third-order valence-electron chi connectivity index (χ3n) is 11.1. The molecule has 2 saturated heterocycles. The fourth-order valence-electron chi connectivity index (χ4n) is 9.26. The molecule has 202 valence electrons. The highest BCUT2D eigenvalue weighted by Gasteiger charge is 2.77. The molecule has 0 aromatic carbocycles. The number of esters is 1. The first-order valence-electron chi connectivity index (χ1n) is 13.8. The van der Waals surface area contributed by atoms with E-state index < -0.39 is 16.8 Å². The van der Waals surface area contributed by atoms with Gasteiger partial charge in [0.15, 0.2) is 11.6 Å². The van der Waals surface area contributed by atoms with Crippen molar-refractivity contribution in [3.63, 3.8) is 0 Å². The van der Waals surface area contributed by atoms with Gasteiger partial charge in [0.1, 0.15) is 11.0 Å². The molecular formula is C29H44O6S. The third-order valence-corrected chi connectivity index (χ3v) is 12.6. The molecule has 0 amide bonds. The molecule has 2 heterocycles. The highest BCUT2D eigenvalue weighted by Crippen LogP contribution is 2.76. The number of aliphatic hydroxyl groups is 1. The van der Waals surface area contributed by atoms with Crippen molar-refractivity contribution in [1.29, 1.82) is 0 Å². The Labute approximate surface area is 220 Å². The van der Waals surface area contributed by atoms with Crippen molar-refractivity contribution in [1.82, 2.24) is 0 Å². The van der Waals surface area contributed by atoms with Crippen LogP contribution >= 0.6 is 11.8 Å². The Morgan fingerprint density at radius 1 is 1.06 bits per heavy atom. The second-order valence-corrected chi connectivity index (χ2v) is 14.2. The minimum absolute atomic E-state index is 0.0463. The number of carbonyl (C=O) groups is 2. The van der Waals surface area contributed by atoms with Crippen LogP contribution in [0.1, 0.15) is 86.5 Å². The van der Waals surface area contributed by atoms with Crippen molar-refractivity contribution < 1.29 is 28.9 Å². The van der Waals surface area contributed by atoms with E-state index in [2.05, 4.69) is 38.7 Å². The molecule has 0 aromatic rings. The number of aliphatic hydroxyl groups excluding tert-OH is 1. The second-order valence-electron chi connectivity index (χ2n) is 13.2. The van der Waals surface area contributed by atoms with E-state index in [0.717, 1.165) is 32.1 Å². The van der Waals surface area contributed by atoms with Crippen LogP contribution < -0.4 is 0 Å². The minimum atomic E-state index is -0.584.